The third-order valence-corrected chi connectivity index (χ3v) is 1.94. The minimum atomic E-state index is -0.440. The number of nitrogens with zero attached hydrogens (tertiary/aromatic N) is 1. The molecule has 1 aromatic rings. The van der Waals surface area contributed by atoms with Gasteiger partial charge in [0.15, 0.2) is 0 Å². The summed E-state index contributed by atoms with van der Waals surface area (Å²) in [5.41, 5.74) is 5.39. The van der Waals surface area contributed by atoms with Crippen LogP contribution in [0.25, 0.3) is 0 Å². The van der Waals surface area contributed by atoms with Crippen molar-refractivity contribution in [1.29, 1.82) is 5.26 Å². The van der Waals surface area contributed by atoms with Crippen LogP contribution in [-0.4, -0.2) is 0 Å². The van der Waals surface area contributed by atoms with Crippen molar-refractivity contribution >= 4 is 11.3 Å². The minimum Gasteiger partial charge on any atom is -0.312 e. The molecule has 0 aliphatic rings. The number of hydrogen-bond donors (Lipinski definition) is 1. The van der Waals surface area contributed by atoms with Crippen LogP contribution >= 0.6 is 11.3 Å². The Bertz CT molecular complexity index is 209. The van der Waals surface area contributed by atoms with Gasteiger partial charge in [0.2, 0.25) is 0 Å². The van der Waals surface area contributed by atoms with Crippen molar-refractivity contribution in [2.75, 3.05) is 0 Å². The van der Waals surface area contributed by atoms with Crippen LogP contribution in [0.15, 0.2) is 17.5 Å². The van der Waals surface area contributed by atoms with Crippen LogP contribution < -0.4 is 5.73 Å². The zero-order chi connectivity index (χ0) is 6.69. The lowest BCUT2D eigenvalue weighted by atomic mass is 10.3. The smallest absolute Gasteiger partial charge is 0.128 e. The van der Waals surface area contributed by atoms with Crippen LogP contribution in [0.3, 0.4) is 0 Å². The van der Waals surface area contributed by atoms with E-state index in [2.05, 4.69) is 0 Å². The summed E-state index contributed by atoms with van der Waals surface area (Å²) in [6.07, 6.45) is 0. The Balaban J connectivity index is 2.80. The van der Waals surface area contributed by atoms with Crippen LogP contribution in [-0.2, 0) is 0 Å². The first-order valence-corrected chi connectivity index (χ1v) is 3.41. The molecule has 0 amide bonds. The van der Waals surface area contributed by atoms with Crippen LogP contribution in [0.5, 0.6) is 0 Å². The average molecular weight is 138 g/mol. The Hall–Kier alpha value is -0.850. The standard InChI is InChI=1S/C6H6N2S/c7-4-5(8)6-2-1-3-9-6/h1-3,5H,8H2/t5-/m1/s1. The molecule has 0 unspecified atom stereocenters. The predicted octanol–water partition coefficient (Wildman–Crippen LogP) is 1.27. The number of rotatable bonds is 1. The maximum atomic E-state index is 8.34. The highest BCUT2D eigenvalue weighted by atomic mass is 32.1. The summed E-state index contributed by atoms with van der Waals surface area (Å²) in [4.78, 5) is 0.928. The normalized spacial score (nSPS) is 12.4. The molecule has 3 heteroatoms. The molecule has 0 saturated carbocycles. The number of nitriles is 1. The van der Waals surface area contributed by atoms with E-state index in [1.807, 2.05) is 23.6 Å². The number of hydrogen-bond acceptors (Lipinski definition) is 3. The molecule has 0 spiro atoms. The van der Waals surface area contributed by atoms with Gasteiger partial charge in [-0.2, -0.15) is 5.26 Å². The van der Waals surface area contributed by atoms with Gasteiger partial charge in [0.25, 0.3) is 0 Å². The second-order valence-electron chi connectivity index (χ2n) is 1.62. The number of nitrogens with two attached hydrogens (primary N) is 1. The molecule has 0 aromatic carbocycles. The molecule has 1 aromatic heterocycles. The Kier molecular flexibility index (Phi) is 1.83. The summed E-state index contributed by atoms with van der Waals surface area (Å²) in [7, 11) is 0. The van der Waals surface area contributed by atoms with E-state index in [-0.39, 0.29) is 0 Å². The predicted molar refractivity (Wildman–Crippen MR) is 36.9 cm³/mol. The largest absolute Gasteiger partial charge is 0.312 e. The molecule has 1 rings (SSSR count). The van der Waals surface area contributed by atoms with E-state index in [0.717, 1.165) is 4.88 Å². The second kappa shape index (κ2) is 2.62. The molecule has 46 valence electrons. The molecule has 0 aliphatic heterocycles. The quantitative estimate of drug-likeness (QED) is 0.635. The summed E-state index contributed by atoms with van der Waals surface area (Å²) in [5.74, 6) is 0. The molecule has 1 atom stereocenters. The average Bonchev–Trinajstić information content (AvgIpc) is 2.37. The van der Waals surface area contributed by atoms with E-state index in [0.29, 0.717) is 0 Å². The second-order valence-corrected chi connectivity index (χ2v) is 2.60. The molecule has 0 radical (unpaired) electrons. The lowest BCUT2D eigenvalue weighted by Crippen LogP contribution is -2.04. The monoisotopic (exact) mass is 138 g/mol. The molecule has 0 bridgehead atoms. The number of thiophene rings is 1. The van der Waals surface area contributed by atoms with Gasteiger partial charge in [0.1, 0.15) is 6.04 Å². The highest BCUT2D eigenvalue weighted by molar-refractivity contribution is 7.10. The lowest BCUT2D eigenvalue weighted by Gasteiger charge is -1.93. The van der Waals surface area contributed by atoms with Gasteiger partial charge in [-0.05, 0) is 11.4 Å². The first-order valence-electron chi connectivity index (χ1n) is 2.53. The van der Waals surface area contributed by atoms with E-state index >= 15 is 0 Å². The molecule has 0 aliphatic carbocycles. The first-order chi connectivity index (χ1) is 4.34. The highest BCUT2D eigenvalue weighted by Gasteiger charge is 2.02. The van der Waals surface area contributed by atoms with E-state index < -0.39 is 6.04 Å². The van der Waals surface area contributed by atoms with Crippen LogP contribution in [0, 0.1) is 11.3 Å². The fourth-order valence-electron chi connectivity index (χ4n) is 0.532. The van der Waals surface area contributed by atoms with Gasteiger partial charge >= 0.3 is 0 Å². The van der Waals surface area contributed by atoms with Gasteiger partial charge in [-0.3, -0.25) is 0 Å². The van der Waals surface area contributed by atoms with Crippen molar-refractivity contribution in [1.82, 2.24) is 0 Å². The molecule has 0 saturated heterocycles. The Labute approximate surface area is 57.5 Å². The fraction of sp³-hybridized carbons (Fsp3) is 0.167. The fourth-order valence-corrected chi connectivity index (χ4v) is 1.20. The van der Waals surface area contributed by atoms with Gasteiger partial charge in [0, 0.05) is 4.88 Å². The van der Waals surface area contributed by atoms with E-state index in [1.165, 1.54) is 11.3 Å². The zero-order valence-corrected chi connectivity index (χ0v) is 5.56. The van der Waals surface area contributed by atoms with E-state index in [1.54, 1.807) is 0 Å². The van der Waals surface area contributed by atoms with Crippen molar-refractivity contribution < 1.29 is 0 Å². The molecule has 2 N–H and O–H groups in total. The Morgan fingerprint density at radius 2 is 2.56 bits per heavy atom. The third kappa shape index (κ3) is 1.28. The van der Waals surface area contributed by atoms with Crippen molar-refractivity contribution in [2.45, 2.75) is 6.04 Å². The van der Waals surface area contributed by atoms with Crippen molar-refractivity contribution in [3.63, 3.8) is 0 Å². The Morgan fingerprint density at radius 1 is 1.78 bits per heavy atom. The summed E-state index contributed by atoms with van der Waals surface area (Å²) in [5, 5.41) is 10.2. The summed E-state index contributed by atoms with van der Waals surface area (Å²) in [6.45, 7) is 0. The van der Waals surface area contributed by atoms with Gasteiger partial charge < -0.3 is 5.73 Å². The Morgan fingerprint density at radius 3 is 3.00 bits per heavy atom. The highest BCUT2D eigenvalue weighted by Crippen LogP contribution is 2.14. The molecular formula is C6H6N2S. The molecular weight excluding hydrogens is 132 g/mol. The van der Waals surface area contributed by atoms with Crippen molar-refractivity contribution in [2.24, 2.45) is 5.73 Å². The SMILES string of the molecule is N#C[C@@H](N)c1cccs1. The van der Waals surface area contributed by atoms with Gasteiger partial charge in [-0.15, -0.1) is 11.3 Å². The summed E-state index contributed by atoms with van der Waals surface area (Å²) in [6, 6.07) is 5.26. The van der Waals surface area contributed by atoms with E-state index in [4.69, 9.17) is 11.0 Å². The van der Waals surface area contributed by atoms with E-state index in [9.17, 15) is 0 Å². The maximum Gasteiger partial charge on any atom is 0.128 e. The van der Waals surface area contributed by atoms with Crippen molar-refractivity contribution in [3.8, 4) is 6.07 Å². The van der Waals surface area contributed by atoms with Crippen molar-refractivity contribution in [3.05, 3.63) is 22.4 Å². The minimum absolute atomic E-state index is 0.440. The molecule has 2 nitrogen and oxygen atoms in total. The zero-order valence-electron chi connectivity index (χ0n) is 4.74. The van der Waals surface area contributed by atoms with Gasteiger partial charge in [-0.1, -0.05) is 6.07 Å². The molecule has 0 fully saturated rings. The first kappa shape index (κ1) is 6.27. The molecule has 9 heavy (non-hydrogen) atoms. The van der Waals surface area contributed by atoms with Crippen LogP contribution in [0.2, 0.25) is 0 Å². The van der Waals surface area contributed by atoms with Crippen LogP contribution in [0.1, 0.15) is 10.9 Å². The summed E-state index contributed by atoms with van der Waals surface area (Å²) < 4.78 is 0. The molecule has 1 heterocycles. The maximum absolute atomic E-state index is 8.34. The van der Waals surface area contributed by atoms with Gasteiger partial charge in [-0.25, -0.2) is 0 Å². The summed E-state index contributed by atoms with van der Waals surface area (Å²) >= 11 is 1.51. The lowest BCUT2D eigenvalue weighted by molar-refractivity contribution is 0.951. The third-order valence-electron chi connectivity index (χ3n) is 0.989. The topological polar surface area (TPSA) is 49.8 Å². The van der Waals surface area contributed by atoms with Gasteiger partial charge in [0.05, 0.1) is 6.07 Å². The van der Waals surface area contributed by atoms with Crippen LogP contribution in [0.4, 0.5) is 0 Å².